The van der Waals surface area contributed by atoms with E-state index in [4.69, 9.17) is 0 Å². The molecule has 1 aliphatic rings. The van der Waals surface area contributed by atoms with E-state index < -0.39 is 0 Å². The highest BCUT2D eigenvalue weighted by Crippen LogP contribution is 2.31. The van der Waals surface area contributed by atoms with Gasteiger partial charge in [-0.05, 0) is 30.7 Å². The number of hydrazine groups is 1. The molecule has 0 bridgehead atoms. The van der Waals surface area contributed by atoms with Gasteiger partial charge >= 0.3 is 0 Å². The molecule has 0 aliphatic heterocycles. The molecule has 1 fully saturated rings. The summed E-state index contributed by atoms with van der Waals surface area (Å²) in [5, 5.41) is 0. The zero-order valence-electron chi connectivity index (χ0n) is 11.0. The van der Waals surface area contributed by atoms with Crippen LogP contribution in [0.1, 0.15) is 50.5 Å². The van der Waals surface area contributed by atoms with Gasteiger partial charge in [0, 0.05) is 13.0 Å². The van der Waals surface area contributed by atoms with Gasteiger partial charge in [0.25, 0.3) is 0 Å². The third-order valence-corrected chi connectivity index (χ3v) is 3.65. The SMILES string of the molecule is CC(=O)NN[C@H]1CCCC[C@@H](c2ccccc2)C1. The van der Waals surface area contributed by atoms with Gasteiger partial charge in [0.1, 0.15) is 0 Å². The minimum Gasteiger partial charge on any atom is -0.292 e. The van der Waals surface area contributed by atoms with Crippen LogP contribution in [0.2, 0.25) is 0 Å². The molecule has 1 aliphatic carbocycles. The maximum absolute atomic E-state index is 11.0. The van der Waals surface area contributed by atoms with E-state index in [-0.39, 0.29) is 5.91 Å². The number of benzene rings is 1. The van der Waals surface area contributed by atoms with Gasteiger partial charge in [0.2, 0.25) is 5.91 Å². The molecule has 2 atom stereocenters. The maximum atomic E-state index is 11.0. The van der Waals surface area contributed by atoms with Gasteiger partial charge in [-0.25, -0.2) is 5.43 Å². The summed E-state index contributed by atoms with van der Waals surface area (Å²) in [6, 6.07) is 11.1. The van der Waals surface area contributed by atoms with Crippen LogP contribution in [-0.2, 0) is 4.79 Å². The molecule has 0 heterocycles. The number of carbonyl (C=O) groups is 1. The van der Waals surface area contributed by atoms with E-state index in [1.54, 1.807) is 6.92 Å². The molecule has 0 unspecified atom stereocenters. The predicted octanol–water partition coefficient (Wildman–Crippen LogP) is 2.74. The Bertz CT molecular complexity index is 377. The normalized spacial score (nSPS) is 24.3. The van der Waals surface area contributed by atoms with Crippen LogP contribution < -0.4 is 10.9 Å². The predicted molar refractivity (Wildman–Crippen MR) is 73.0 cm³/mol. The van der Waals surface area contributed by atoms with Crippen LogP contribution in [0.4, 0.5) is 0 Å². The first-order chi connectivity index (χ1) is 8.75. The van der Waals surface area contributed by atoms with Crippen LogP contribution in [0.25, 0.3) is 0 Å². The lowest BCUT2D eigenvalue weighted by molar-refractivity contribution is -0.120. The van der Waals surface area contributed by atoms with Crippen molar-refractivity contribution in [3.8, 4) is 0 Å². The van der Waals surface area contributed by atoms with Crippen molar-refractivity contribution in [3.63, 3.8) is 0 Å². The van der Waals surface area contributed by atoms with Crippen molar-refractivity contribution in [1.29, 1.82) is 0 Å². The van der Waals surface area contributed by atoms with Gasteiger partial charge in [0.05, 0.1) is 0 Å². The lowest BCUT2D eigenvalue weighted by Crippen LogP contribution is -2.43. The molecule has 2 N–H and O–H groups in total. The van der Waals surface area contributed by atoms with Gasteiger partial charge in [-0.15, -0.1) is 0 Å². The number of rotatable bonds is 3. The van der Waals surface area contributed by atoms with E-state index in [1.165, 1.54) is 24.8 Å². The van der Waals surface area contributed by atoms with Crippen molar-refractivity contribution in [2.75, 3.05) is 0 Å². The summed E-state index contributed by atoms with van der Waals surface area (Å²) >= 11 is 0. The van der Waals surface area contributed by atoms with Crippen LogP contribution in [-0.4, -0.2) is 11.9 Å². The average Bonchev–Trinajstić information content (AvgIpc) is 2.63. The maximum Gasteiger partial charge on any atom is 0.230 e. The van der Waals surface area contributed by atoms with Crippen molar-refractivity contribution in [1.82, 2.24) is 10.9 Å². The third kappa shape index (κ3) is 3.84. The zero-order chi connectivity index (χ0) is 12.8. The van der Waals surface area contributed by atoms with Crippen LogP contribution in [0.5, 0.6) is 0 Å². The molecule has 1 saturated carbocycles. The Morgan fingerprint density at radius 3 is 2.61 bits per heavy atom. The van der Waals surface area contributed by atoms with Crippen LogP contribution in [0, 0.1) is 0 Å². The average molecular weight is 246 g/mol. The van der Waals surface area contributed by atoms with E-state index in [0.29, 0.717) is 12.0 Å². The quantitative estimate of drug-likeness (QED) is 0.636. The fraction of sp³-hybridized carbons (Fsp3) is 0.533. The lowest BCUT2D eigenvalue weighted by Gasteiger charge is -2.21. The van der Waals surface area contributed by atoms with Gasteiger partial charge in [-0.2, -0.15) is 0 Å². The molecule has 1 aromatic carbocycles. The van der Waals surface area contributed by atoms with Gasteiger partial charge < -0.3 is 0 Å². The van der Waals surface area contributed by atoms with Crippen molar-refractivity contribution in [2.45, 2.75) is 51.0 Å². The lowest BCUT2D eigenvalue weighted by atomic mass is 9.90. The molecule has 18 heavy (non-hydrogen) atoms. The van der Waals surface area contributed by atoms with Gasteiger partial charge in [0.15, 0.2) is 0 Å². The smallest absolute Gasteiger partial charge is 0.230 e. The molecular formula is C15H22N2O. The second-order valence-corrected chi connectivity index (χ2v) is 5.15. The van der Waals surface area contributed by atoms with Gasteiger partial charge in [-0.3, -0.25) is 10.2 Å². The Labute approximate surface area is 109 Å². The summed E-state index contributed by atoms with van der Waals surface area (Å²) in [4.78, 5) is 11.0. The summed E-state index contributed by atoms with van der Waals surface area (Å²) in [6.07, 6.45) is 6.01. The van der Waals surface area contributed by atoms with Crippen molar-refractivity contribution in [3.05, 3.63) is 35.9 Å². The fourth-order valence-electron chi connectivity index (χ4n) is 2.72. The Morgan fingerprint density at radius 2 is 1.89 bits per heavy atom. The Morgan fingerprint density at radius 1 is 1.17 bits per heavy atom. The van der Waals surface area contributed by atoms with E-state index in [2.05, 4.69) is 41.2 Å². The molecule has 0 saturated heterocycles. The van der Waals surface area contributed by atoms with Crippen LogP contribution in [0.3, 0.4) is 0 Å². The number of hydrogen-bond acceptors (Lipinski definition) is 2. The first-order valence-electron chi connectivity index (χ1n) is 6.83. The van der Waals surface area contributed by atoms with Gasteiger partial charge in [-0.1, -0.05) is 43.2 Å². The van der Waals surface area contributed by atoms with Crippen molar-refractivity contribution in [2.24, 2.45) is 0 Å². The first-order valence-corrected chi connectivity index (χ1v) is 6.83. The van der Waals surface area contributed by atoms with Crippen LogP contribution in [0.15, 0.2) is 30.3 Å². The Balaban J connectivity index is 1.97. The third-order valence-electron chi connectivity index (χ3n) is 3.65. The largest absolute Gasteiger partial charge is 0.292 e. The first kappa shape index (κ1) is 13.1. The van der Waals surface area contributed by atoms with Crippen LogP contribution >= 0.6 is 0 Å². The molecule has 0 aromatic heterocycles. The summed E-state index contributed by atoms with van der Waals surface area (Å²) in [6.45, 7) is 1.54. The molecular weight excluding hydrogens is 224 g/mol. The minimum atomic E-state index is -0.0180. The van der Waals surface area contributed by atoms with E-state index in [1.807, 2.05) is 0 Å². The summed E-state index contributed by atoms with van der Waals surface area (Å²) < 4.78 is 0. The molecule has 2 rings (SSSR count). The molecule has 0 radical (unpaired) electrons. The monoisotopic (exact) mass is 246 g/mol. The standard InChI is InChI=1S/C15H22N2O/c1-12(18)16-17-15-10-6-5-9-14(11-15)13-7-3-2-4-8-13/h2-4,7-8,14-15,17H,5-6,9-11H2,1H3,(H,16,18)/t14-,15+/m1/s1. The van der Waals surface area contributed by atoms with E-state index in [9.17, 15) is 4.79 Å². The number of amides is 1. The zero-order valence-corrected chi connectivity index (χ0v) is 11.0. The molecule has 1 aromatic rings. The summed E-state index contributed by atoms with van der Waals surface area (Å²) in [5.41, 5.74) is 7.31. The van der Waals surface area contributed by atoms with E-state index in [0.717, 1.165) is 12.8 Å². The molecule has 98 valence electrons. The van der Waals surface area contributed by atoms with Crippen molar-refractivity contribution >= 4 is 5.91 Å². The highest BCUT2D eigenvalue weighted by Gasteiger charge is 2.21. The highest BCUT2D eigenvalue weighted by molar-refractivity contribution is 5.72. The number of carbonyl (C=O) groups excluding carboxylic acids is 1. The Kier molecular flexibility index (Phi) is 4.76. The van der Waals surface area contributed by atoms with Crippen molar-refractivity contribution < 1.29 is 4.79 Å². The van der Waals surface area contributed by atoms with E-state index >= 15 is 0 Å². The summed E-state index contributed by atoms with van der Waals surface area (Å²) in [7, 11) is 0. The fourth-order valence-corrected chi connectivity index (χ4v) is 2.72. The minimum absolute atomic E-state index is 0.0180. The second kappa shape index (κ2) is 6.55. The molecule has 3 heteroatoms. The topological polar surface area (TPSA) is 41.1 Å². The summed E-state index contributed by atoms with van der Waals surface area (Å²) in [5.74, 6) is 0.593. The molecule has 3 nitrogen and oxygen atoms in total. The Hall–Kier alpha value is -1.35. The molecule has 0 spiro atoms. The highest BCUT2D eigenvalue weighted by atomic mass is 16.2. The second-order valence-electron chi connectivity index (χ2n) is 5.15. The molecule has 1 amide bonds. The number of nitrogens with one attached hydrogen (secondary N) is 2. The number of hydrogen-bond donors (Lipinski definition) is 2.